The summed E-state index contributed by atoms with van der Waals surface area (Å²) in [4.78, 5) is 14.9. The second-order valence-corrected chi connectivity index (χ2v) is 12.2. The molecule has 226 valence electrons. The minimum Gasteiger partial charge on any atom is -0.354 e. The van der Waals surface area contributed by atoms with Crippen LogP contribution in [0.1, 0.15) is 56.6 Å². The van der Waals surface area contributed by atoms with E-state index in [1.165, 1.54) is 17.0 Å². The van der Waals surface area contributed by atoms with E-state index in [4.69, 9.17) is 0 Å². The van der Waals surface area contributed by atoms with E-state index >= 15 is 4.39 Å². The first-order valence-electron chi connectivity index (χ1n) is 13.2. The molecule has 2 atom stereocenters. The van der Waals surface area contributed by atoms with Gasteiger partial charge in [-0.2, -0.15) is 26.3 Å². The number of halogens is 8. The summed E-state index contributed by atoms with van der Waals surface area (Å²) in [5.41, 5.74) is -6.85. The fourth-order valence-corrected chi connectivity index (χ4v) is 7.59. The van der Waals surface area contributed by atoms with Crippen molar-refractivity contribution in [3.05, 3.63) is 65.2 Å². The molecule has 1 saturated heterocycles. The molecule has 1 aliphatic carbocycles. The fourth-order valence-electron chi connectivity index (χ4n) is 5.86. The average molecular weight is 612 g/mol. The molecule has 1 heterocycles. The van der Waals surface area contributed by atoms with Gasteiger partial charge >= 0.3 is 12.4 Å². The molecule has 0 radical (unpaired) electrons. The molecule has 0 spiro atoms. The number of amides is 1. The maximum absolute atomic E-state index is 15.5. The third-order valence-electron chi connectivity index (χ3n) is 7.91. The molecule has 2 aliphatic rings. The van der Waals surface area contributed by atoms with Crippen LogP contribution >= 0.6 is 0 Å². The molecule has 13 heteroatoms. The van der Waals surface area contributed by atoms with E-state index in [0.29, 0.717) is 25.0 Å². The monoisotopic (exact) mass is 611 g/mol. The van der Waals surface area contributed by atoms with Gasteiger partial charge in [0.15, 0.2) is 0 Å². The first-order valence-corrected chi connectivity index (χ1v) is 14.4. The number of hydrogen-bond acceptors (Lipinski definition) is 3. The lowest BCUT2D eigenvalue weighted by Crippen LogP contribution is -2.56. The maximum atomic E-state index is 15.5. The Kier molecular flexibility index (Phi) is 8.90. The van der Waals surface area contributed by atoms with Crippen LogP contribution in [0, 0.1) is 17.6 Å². The third kappa shape index (κ3) is 5.63. The molecular formula is C28H29F8NO3S. The van der Waals surface area contributed by atoms with Gasteiger partial charge in [-0.15, -0.1) is 0 Å². The normalized spacial score (nSPS) is 21.7. The standard InChI is InChI=1S/C28H29F8NO3S/c1-2-40-26(27(31,32)33,28(34,35)36)22-13-8-19(16-23(22)30)25(41(39)21-11-9-20(29)10-12-21)14-15-37(17-25)24(38)18-6-4-3-5-7-18/h8-13,16,18H,2-7,14-15,17H2,1H3/t25-,41?/m0/s1. The molecule has 2 fully saturated rings. The molecule has 1 amide bonds. The molecule has 1 aliphatic heterocycles. The summed E-state index contributed by atoms with van der Waals surface area (Å²) in [7, 11) is -2.10. The van der Waals surface area contributed by atoms with Crippen LogP contribution in [0.4, 0.5) is 35.1 Å². The summed E-state index contributed by atoms with van der Waals surface area (Å²) in [6.45, 7) is -0.202. The first kappa shape index (κ1) is 31.4. The van der Waals surface area contributed by atoms with Crippen molar-refractivity contribution in [3.8, 4) is 0 Å². The van der Waals surface area contributed by atoms with Gasteiger partial charge in [-0.25, -0.2) is 8.78 Å². The number of nitrogens with zero attached hydrogens (tertiary/aromatic N) is 1. The summed E-state index contributed by atoms with van der Waals surface area (Å²) in [5, 5.41) is 0. The van der Waals surface area contributed by atoms with Gasteiger partial charge in [-0.05, 0) is 62.1 Å². The van der Waals surface area contributed by atoms with Crippen molar-refractivity contribution in [1.29, 1.82) is 0 Å². The van der Waals surface area contributed by atoms with Gasteiger partial charge < -0.3 is 9.64 Å². The number of carbonyl (C=O) groups excluding carboxylic acids is 1. The van der Waals surface area contributed by atoms with Crippen molar-refractivity contribution in [1.82, 2.24) is 4.90 Å². The van der Waals surface area contributed by atoms with Crippen LogP contribution in [0.25, 0.3) is 0 Å². The highest BCUT2D eigenvalue weighted by molar-refractivity contribution is 7.86. The zero-order valence-electron chi connectivity index (χ0n) is 22.1. The van der Waals surface area contributed by atoms with Crippen molar-refractivity contribution in [2.24, 2.45) is 5.92 Å². The summed E-state index contributed by atoms with van der Waals surface area (Å²) in [6, 6.07) is 6.31. The third-order valence-corrected chi connectivity index (χ3v) is 9.89. The largest absolute Gasteiger partial charge is 0.430 e. The number of likely N-dealkylation sites (tertiary alicyclic amines) is 1. The number of benzene rings is 2. The van der Waals surface area contributed by atoms with E-state index < -0.39 is 57.3 Å². The number of hydrogen-bond donors (Lipinski definition) is 0. The van der Waals surface area contributed by atoms with E-state index in [1.54, 1.807) is 0 Å². The Morgan fingerprint density at radius 2 is 1.59 bits per heavy atom. The predicted octanol–water partition coefficient (Wildman–Crippen LogP) is 7.14. The lowest BCUT2D eigenvalue weighted by atomic mass is 9.87. The van der Waals surface area contributed by atoms with Crippen molar-refractivity contribution in [2.45, 2.75) is 73.0 Å². The molecular weight excluding hydrogens is 582 g/mol. The number of carbonyl (C=O) groups is 1. The zero-order valence-corrected chi connectivity index (χ0v) is 22.9. The Bertz CT molecular complexity index is 1260. The predicted molar refractivity (Wildman–Crippen MR) is 134 cm³/mol. The second-order valence-electron chi connectivity index (χ2n) is 10.4. The summed E-state index contributed by atoms with van der Waals surface area (Å²) < 4.78 is 130. The highest BCUT2D eigenvalue weighted by Gasteiger charge is 2.74. The molecule has 0 N–H and O–H groups in total. The van der Waals surface area contributed by atoms with Gasteiger partial charge in [-0.3, -0.25) is 9.00 Å². The van der Waals surface area contributed by atoms with Crippen LogP contribution in [0.2, 0.25) is 0 Å². The SMILES string of the molecule is CCOC(c1ccc([C@]2(S(=O)c3ccc(F)cc3)CCN(C(=O)C3CCCCC3)C2)cc1F)(C(F)(F)F)C(F)(F)F. The van der Waals surface area contributed by atoms with Crippen LogP contribution in [0.15, 0.2) is 47.4 Å². The van der Waals surface area contributed by atoms with E-state index in [0.717, 1.165) is 44.4 Å². The lowest BCUT2D eigenvalue weighted by Gasteiger charge is -2.38. The van der Waals surface area contributed by atoms with Crippen molar-refractivity contribution in [2.75, 3.05) is 19.7 Å². The van der Waals surface area contributed by atoms with Gasteiger partial charge in [0.05, 0.1) is 15.5 Å². The minimum absolute atomic E-state index is 0.0105. The van der Waals surface area contributed by atoms with Crippen LogP contribution < -0.4 is 0 Å². The molecule has 2 aromatic carbocycles. The van der Waals surface area contributed by atoms with Crippen LogP contribution in [-0.2, 0) is 30.7 Å². The maximum Gasteiger partial charge on any atom is 0.430 e. The second kappa shape index (κ2) is 11.6. The van der Waals surface area contributed by atoms with Gasteiger partial charge in [0, 0.05) is 36.1 Å². The smallest absolute Gasteiger partial charge is 0.354 e. The number of alkyl halides is 6. The highest BCUT2D eigenvalue weighted by atomic mass is 32.2. The van der Waals surface area contributed by atoms with E-state index in [2.05, 4.69) is 4.74 Å². The quantitative estimate of drug-likeness (QED) is 0.313. The Balaban J connectivity index is 1.82. The molecule has 41 heavy (non-hydrogen) atoms. The van der Waals surface area contributed by atoms with Crippen molar-refractivity contribution < 1.29 is 48.9 Å². The van der Waals surface area contributed by atoms with Gasteiger partial charge in [0.25, 0.3) is 5.60 Å². The number of ether oxygens (including phenoxy) is 1. The summed E-state index contributed by atoms with van der Waals surface area (Å²) in [5.74, 6) is -2.92. The Labute approximate surface area is 234 Å². The lowest BCUT2D eigenvalue weighted by molar-refractivity contribution is -0.389. The van der Waals surface area contributed by atoms with Crippen LogP contribution in [0.3, 0.4) is 0 Å². The van der Waals surface area contributed by atoms with Gasteiger partial charge in [0.2, 0.25) is 5.91 Å². The molecule has 4 rings (SSSR count). The molecule has 0 bridgehead atoms. The summed E-state index contributed by atoms with van der Waals surface area (Å²) in [6.07, 6.45) is -8.07. The molecule has 0 aromatic heterocycles. The van der Waals surface area contributed by atoms with Gasteiger partial charge in [0.1, 0.15) is 11.6 Å². The Hall–Kier alpha value is -2.54. The fraction of sp³-hybridized carbons (Fsp3) is 0.536. The molecule has 4 nitrogen and oxygen atoms in total. The van der Waals surface area contributed by atoms with Crippen molar-refractivity contribution in [3.63, 3.8) is 0 Å². The zero-order chi connectivity index (χ0) is 30.2. The molecule has 1 unspecified atom stereocenters. The Morgan fingerprint density at radius 3 is 2.12 bits per heavy atom. The minimum atomic E-state index is -6.06. The molecule has 2 aromatic rings. The van der Waals surface area contributed by atoms with E-state index in [-0.39, 0.29) is 41.8 Å². The van der Waals surface area contributed by atoms with Crippen LogP contribution in [0.5, 0.6) is 0 Å². The van der Waals surface area contributed by atoms with Gasteiger partial charge in [-0.1, -0.05) is 31.4 Å². The Morgan fingerprint density at radius 1 is 0.976 bits per heavy atom. The topological polar surface area (TPSA) is 46.6 Å². The van der Waals surface area contributed by atoms with E-state index in [1.807, 2.05) is 0 Å². The number of rotatable bonds is 7. The van der Waals surface area contributed by atoms with Crippen LogP contribution in [-0.4, -0.2) is 47.1 Å². The van der Waals surface area contributed by atoms with Crippen molar-refractivity contribution >= 4 is 16.7 Å². The molecule has 1 saturated carbocycles. The average Bonchev–Trinajstić information content (AvgIpc) is 3.37. The highest BCUT2D eigenvalue weighted by Crippen LogP contribution is 2.54. The van der Waals surface area contributed by atoms with E-state index in [9.17, 15) is 39.7 Å². The first-order chi connectivity index (χ1) is 19.2. The summed E-state index contributed by atoms with van der Waals surface area (Å²) >= 11 is 0.